The monoisotopic (exact) mass is 429 g/mol. The molecule has 2 aromatic carbocycles. The van der Waals surface area contributed by atoms with Gasteiger partial charge < -0.3 is 9.88 Å². The van der Waals surface area contributed by atoms with E-state index in [1.165, 1.54) is 30.0 Å². The summed E-state index contributed by atoms with van der Waals surface area (Å²) in [5.74, 6) is -0.418. The predicted octanol–water partition coefficient (Wildman–Crippen LogP) is 5.35. The first-order valence-electron chi connectivity index (χ1n) is 9.16. The average molecular weight is 430 g/mol. The van der Waals surface area contributed by atoms with Crippen LogP contribution < -0.4 is 5.32 Å². The molecule has 3 rings (SSSR count). The Hall–Kier alpha value is -2.57. The summed E-state index contributed by atoms with van der Waals surface area (Å²) in [5, 5.41) is 3.42. The topological polar surface area (TPSA) is 46.9 Å². The zero-order valence-electron chi connectivity index (χ0n) is 15.9. The summed E-state index contributed by atoms with van der Waals surface area (Å²) < 4.78 is 15.0. The number of hydrogen-bond donors (Lipinski definition) is 1. The van der Waals surface area contributed by atoms with Crippen molar-refractivity contribution in [2.75, 3.05) is 6.54 Å². The lowest BCUT2D eigenvalue weighted by molar-refractivity contribution is -0.116. The molecular formula is C22H21ClFN3OS. The Balaban J connectivity index is 1.55. The van der Waals surface area contributed by atoms with Crippen LogP contribution >= 0.6 is 23.4 Å². The summed E-state index contributed by atoms with van der Waals surface area (Å²) in [6.07, 6.45) is 9.41. The second-order valence-electron chi connectivity index (χ2n) is 6.47. The number of carbonyl (C=O) groups is 1. The van der Waals surface area contributed by atoms with Crippen LogP contribution in [0.15, 0.2) is 71.0 Å². The molecular weight excluding hydrogens is 409 g/mol. The number of aromatic nitrogens is 2. The lowest BCUT2D eigenvalue weighted by atomic mass is 10.1. The van der Waals surface area contributed by atoms with Crippen LogP contribution in [0.3, 0.4) is 0 Å². The maximum atomic E-state index is 13.1. The Labute approximate surface area is 178 Å². The van der Waals surface area contributed by atoms with Gasteiger partial charge in [-0.3, -0.25) is 4.79 Å². The zero-order chi connectivity index (χ0) is 20.6. The van der Waals surface area contributed by atoms with Crippen LogP contribution in [0.2, 0.25) is 5.02 Å². The minimum atomic E-state index is -0.260. The summed E-state index contributed by atoms with van der Waals surface area (Å²) in [7, 11) is 0. The van der Waals surface area contributed by atoms with Crippen LogP contribution in [0.25, 0.3) is 6.08 Å². The van der Waals surface area contributed by atoms with Gasteiger partial charge in [-0.1, -0.05) is 23.4 Å². The number of aryl methyl sites for hydroxylation is 2. The first kappa shape index (κ1) is 21.1. The number of rotatable bonds is 8. The Morgan fingerprint density at radius 1 is 1.31 bits per heavy atom. The maximum Gasteiger partial charge on any atom is 0.244 e. The van der Waals surface area contributed by atoms with Crippen molar-refractivity contribution in [3.8, 4) is 0 Å². The molecule has 0 atom stereocenters. The van der Waals surface area contributed by atoms with Gasteiger partial charge >= 0.3 is 0 Å². The maximum absolute atomic E-state index is 13.1. The minimum Gasteiger partial charge on any atom is -0.352 e. The number of nitrogens with one attached hydrogen (secondary N) is 1. The molecule has 0 aliphatic carbocycles. The van der Waals surface area contributed by atoms with Gasteiger partial charge in [-0.15, -0.1) is 0 Å². The van der Waals surface area contributed by atoms with Crippen molar-refractivity contribution in [3.05, 3.63) is 83.2 Å². The summed E-state index contributed by atoms with van der Waals surface area (Å²) in [6.45, 7) is 3.37. The van der Waals surface area contributed by atoms with E-state index in [0.717, 1.165) is 33.9 Å². The fraction of sp³-hybridized carbons (Fsp3) is 0.182. The molecule has 1 N–H and O–H groups in total. The highest BCUT2D eigenvalue weighted by Crippen LogP contribution is 2.34. The molecule has 0 fully saturated rings. The van der Waals surface area contributed by atoms with Crippen LogP contribution in [0, 0.1) is 12.7 Å². The van der Waals surface area contributed by atoms with Gasteiger partial charge in [0, 0.05) is 46.4 Å². The average Bonchev–Trinajstić information content (AvgIpc) is 3.22. The second kappa shape index (κ2) is 10.3. The Morgan fingerprint density at radius 2 is 2.10 bits per heavy atom. The molecule has 150 valence electrons. The van der Waals surface area contributed by atoms with Gasteiger partial charge in [-0.2, -0.15) is 0 Å². The van der Waals surface area contributed by atoms with Crippen molar-refractivity contribution in [2.24, 2.45) is 0 Å². The number of benzene rings is 2. The van der Waals surface area contributed by atoms with E-state index < -0.39 is 0 Å². The van der Waals surface area contributed by atoms with E-state index in [2.05, 4.69) is 10.3 Å². The largest absolute Gasteiger partial charge is 0.352 e. The molecule has 0 radical (unpaired) electrons. The minimum absolute atomic E-state index is 0.158. The third-order valence-corrected chi connectivity index (χ3v) is 5.70. The van der Waals surface area contributed by atoms with Crippen molar-refractivity contribution in [3.63, 3.8) is 0 Å². The second-order valence-corrected chi connectivity index (χ2v) is 8.00. The third-order valence-electron chi connectivity index (χ3n) is 4.20. The van der Waals surface area contributed by atoms with Gasteiger partial charge in [0.05, 0.1) is 6.33 Å². The number of imidazole rings is 1. The SMILES string of the molecule is Cc1cc(C=CC(=O)NCCCn2ccnc2)c(Cl)cc1Sc1ccc(F)cc1. The molecule has 7 heteroatoms. The van der Waals surface area contributed by atoms with Crippen LogP contribution in [-0.2, 0) is 11.3 Å². The quantitative estimate of drug-likeness (QED) is 0.387. The Bertz CT molecular complexity index is 988. The fourth-order valence-corrected chi connectivity index (χ4v) is 3.88. The number of nitrogens with zero attached hydrogens (tertiary/aromatic N) is 2. The molecule has 3 aromatic rings. The molecule has 1 amide bonds. The standard InChI is InChI=1S/C22H21ClFN3OS/c1-16-13-17(3-8-22(28)26-9-2-11-27-12-10-25-15-27)20(23)14-21(16)29-19-6-4-18(24)5-7-19/h3-8,10,12-15H,2,9,11H2,1H3,(H,26,28). The van der Waals surface area contributed by atoms with Crippen LogP contribution in [0.4, 0.5) is 4.39 Å². The highest BCUT2D eigenvalue weighted by atomic mass is 35.5. The number of halogens is 2. The fourth-order valence-electron chi connectivity index (χ4n) is 2.67. The van der Waals surface area contributed by atoms with Crippen molar-refractivity contribution < 1.29 is 9.18 Å². The predicted molar refractivity (Wildman–Crippen MR) is 116 cm³/mol. The lowest BCUT2D eigenvalue weighted by Gasteiger charge is -2.09. The van der Waals surface area contributed by atoms with E-state index in [4.69, 9.17) is 11.6 Å². The summed E-state index contributed by atoms with van der Waals surface area (Å²) in [4.78, 5) is 17.9. The molecule has 0 saturated carbocycles. The summed E-state index contributed by atoms with van der Waals surface area (Å²) >= 11 is 7.92. The smallest absolute Gasteiger partial charge is 0.244 e. The molecule has 0 unspecified atom stereocenters. The van der Waals surface area contributed by atoms with Crippen molar-refractivity contribution in [2.45, 2.75) is 29.7 Å². The molecule has 0 aliphatic rings. The molecule has 1 aromatic heterocycles. The third kappa shape index (κ3) is 6.48. The molecule has 4 nitrogen and oxygen atoms in total. The summed E-state index contributed by atoms with van der Waals surface area (Å²) in [6, 6.07) is 10.1. The van der Waals surface area contributed by atoms with Crippen molar-refractivity contribution in [1.82, 2.24) is 14.9 Å². The number of hydrogen-bond acceptors (Lipinski definition) is 3. The van der Waals surface area contributed by atoms with E-state index in [1.54, 1.807) is 30.7 Å². The van der Waals surface area contributed by atoms with Crippen LogP contribution in [0.1, 0.15) is 17.5 Å². The first-order valence-corrected chi connectivity index (χ1v) is 10.4. The van der Waals surface area contributed by atoms with Gasteiger partial charge in [0.2, 0.25) is 5.91 Å². The number of carbonyl (C=O) groups excluding carboxylic acids is 1. The molecule has 0 aliphatic heterocycles. The lowest BCUT2D eigenvalue weighted by Crippen LogP contribution is -2.22. The van der Waals surface area contributed by atoms with Gasteiger partial charge in [0.1, 0.15) is 5.82 Å². The van der Waals surface area contributed by atoms with E-state index >= 15 is 0 Å². The molecule has 29 heavy (non-hydrogen) atoms. The van der Waals surface area contributed by atoms with Crippen molar-refractivity contribution in [1.29, 1.82) is 0 Å². The van der Waals surface area contributed by atoms with Gasteiger partial charge in [-0.25, -0.2) is 9.37 Å². The number of amides is 1. The van der Waals surface area contributed by atoms with Gasteiger partial charge in [0.25, 0.3) is 0 Å². The van der Waals surface area contributed by atoms with E-state index in [-0.39, 0.29) is 11.7 Å². The van der Waals surface area contributed by atoms with Crippen molar-refractivity contribution >= 4 is 35.3 Å². The van der Waals surface area contributed by atoms with Gasteiger partial charge in [0.15, 0.2) is 0 Å². The van der Waals surface area contributed by atoms with E-state index in [1.807, 2.05) is 29.8 Å². The molecule has 0 saturated heterocycles. The van der Waals surface area contributed by atoms with E-state index in [9.17, 15) is 9.18 Å². The molecule has 0 bridgehead atoms. The Kier molecular flexibility index (Phi) is 7.49. The van der Waals surface area contributed by atoms with Crippen LogP contribution in [-0.4, -0.2) is 22.0 Å². The molecule has 0 spiro atoms. The van der Waals surface area contributed by atoms with E-state index in [0.29, 0.717) is 11.6 Å². The summed E-state index contributed by atoms with van der Waals surface area (Å²) in [5.41, 5.74) is 1.81. The Morgan fingerprint density at radius 3 is 2.83 bits per heavy atom. The zero-order valence-corrected chi connectivity index (χ0v) is 17.5. The molecule has 1 heterocycles. The highest BCUT2D eigenvalue weighted by molar-refractivity contribution is 7.99. The normalized spacial score (nSPS) is 11.1. The van der Waals surface area contributed by atoms with Crippen LogP contribution in [0.5, 0.6) is 0 Å². The van der Waals surface area contributed by atoms with Gasteiger partial charge in [-0.05, 0) is 66.9 Å². The first-order chi connectivity index (χ1) is 14.0. The highest BCUT2D eigenvalue weighted by Gasteiger charge is 2.07.